The second-order valence-corrected chi connectivity index (χ2v) is 6.80. The molecule has 2 unspecified atom stereocenters. The molecule has 0 radical (unpaired) electrons. The molecule has 22 heavy (non-hydrogen) atoms. The van der Waals surface area contributed by atoms with Crippen LogP contribution < -0.4 is 5.32 Å². The lowest BCUT2D eigenvalue weighted by Crippen LogP contribution is -2.52. The molecule has 1 aromatic rings. The van der Waals surface area contributed by atoms with Crippen molar-refractivity contribution < 1.29 is 4.79 Å². The SMILES string of the molecule is Cc1cnn(CCNCC(=O)N2CCCC3CCCCC32)c1. The lowest BCUT2D eigenvalue weighted by Gasteiger charge is -2.44. The first kappa shape index (κ1) is 15.5. The van der Waals surface area contributed by atoms with Crippen LogP contribution in [0, 0.1) is 12.8 Å². The molecule has 0 spiro atoms. The summed E-state index contributed by atoms with van der Waals surface area (Å²) in [6.45, 7) is 5.06. The number of nitrogens with one attached hydrogen (secondary N) is 1. The first-order valence-corrected chi connectivity index (χ1v) is 8.73. The highest BCUT2D eigenvalue weighted by Gasteiger charge is 2.35. The van der Waals surface area contributed by atoms with E-state index in [-0.39, 0.29) is 5.91 Å². The molecule has 5 heteroatoms. The average molecular weight is 304 g/mol. The first-order valence-electron chi connectivity index (χ1n) is 8.73. The summed E-state index contributed by atoms with van der Waals surface area (Å²) in [6.07, 6.45) is 11.6. The van der Waals surface area contributed by atoms with E-state index < -0.39 is 0 Å². The zero-order valence-corrected chi connectivity index (χ0v) is 13.6. The Balaban J connectivity index is 1.43. The molecule has 1 saturated carbocycles. The zero-order valence-electron chi connectivity index (χ0n) is 13.6. The quantitative estimate of drug-likeness (QED) is 0.846. The minimum absolute atomic E-state index is 0.285. The highest BCUT2D eigenvalue weighted by atomic mass is 16.2. The van der Waals surface area contributed by atoms with Crippen molar-refractivity contribution in [3.63, 3.8) is 0 Å². The van der Waals surface area contributed by atoms with Gasteiger partial charge in [0.2, 0.25) is 5.91 Å². The number of carbonyl (C=O) groups excluding carboxylic acids is 1. The summed E-state index contributed by atoms with van der Waals surface area (Å²) in [5, 5.41) is 7.54. The van der Waals surface area contributed by atoms with Crippen LogP contribution in [0.1, 0.15) is 44.1 Å². The third-order valence-electron chi connectivity index (χ3n) is 5.12. The third-order valence-corrected chi connectivity index (χ3v) is 5.12. The summed E-state index contributed by atoms with van der Waals surface area (Å²) in [6, 6.07) is 0.519. The molecule has 1 aromatic heterocycles. The maximum atomic E-state index is 12.5. The number of piperidine rings is 1. The molecule has 3 rings (SSSR count). The van der Waals surface area contributed by atoms with Gasteiger partial charge < -0.3 is 10.2 Å². The van der Waals surface area contributed by atoms with Gasteiger partial charge in [-0.1, -0.05) is 12.8 Å². The second kappa shape index (κ2) is 7.27. The minimum atomic E-state index is 0.285. The van der Waals surface area contributed by atoms with Gasteiger partial charge in [-0.2, -0.15) is 5.10 Å². The van der Waals surface area contributed by atoms with Crippen molar-refractivity contribution in [2.75, 3.05) is 19.6 Å². The van der Waals surface area contributed by atoms with Gasteiger partial charge >= 0.3 is 0 Å². The molecule has 1 aliphatic carbocycles. The van der Waals surface area contributed by atoms with Gasteiger partial charge in [-0.25, -0.2) is 0 Å². The number of aryl methyl sites for hydroxylation is 1. The Hall–Kier alpha value is -1.36. The topological polar surface area (TPSA) is 50.2 Å². The molecule has 2 atom stereocenters. The van der Waals surface area contributed by atoms with Crippen molar-refractivity contribution >= 4 is 5.91 Å². The lowest BCUT2D eigenvalue weighted by atomic mass is 9.78. The average Bonchev–Trinajstić information content (AvgIpc) is 2.96. The molecule has 5 nitrogen and oxygen atoms in total. The smallest absolute Gasteiger partial charge is 0.236 e. The summed E-state index contributed by atoms with van der Waals surface area (Å²) in [7, 11) is 0. The van der Waals surface area contributed by atoms with Gasteiger partial charge in [0.15, 0.2) is 0 Å². The summed E-state index contributed by atoms with van der Waals surface area (Å²) in [5.41, 5.74) is 1.17. The van der Waals surface area contributed by atoms with E-state index in [9.17, 15) is 4.79 Å². The van der Waals surface area contributed by atoms with Crippen molar-refractivity contribution in [3.8, 4) is 0 Å². The summed E-state index contributed by atoms with van der Waals surface area (Å²) < 4.78 is 1.92. The van der Waals surface area contributed by atoms with Gasteiger partial charge in [-0.05, 0) is 44.1 Å². The van der Waals surface area contributed by atoms with Crippen LogP contribution >= 0.6 is 0 Å². The molecular weight excluding hydrogens is 276 g/mol. The van der Waals surface area contributed by atoms with Crippen molar-refractivity contribution in [2.24, 2.45) is 5.92 Å². The van der Waals surface area contributed by atoms with E-state index in [1.807, 2.05) is 24.0 Å². The van der Waals surface area contributed by atoms with Gasteiger partial charge in [0.25, 0.3) is 0 Å². The zero-order chi connectivity index (χ0) is 15.4. The van der Waals surface area contributed by atoms with Crippen LogP contribution in [0.3, 0.4) is 0 Å². The van der Waals surface area contributed by atoms with E-state index in [1.54, 1.807) is 0 Å². The summed E-state index contributed by atoms with van der Waals surface area (Å²) in [5.74, 6) is 1.05. The molecule has 122 valence electrons. The first-order chi connectivity index (χ1) is 10.7. The molecule has 2 heterocycles. The maximum Gasteiger partial charge on any atom is 0.236 e. The largest absolute Gasteiger partial charge is 0.338 e. The molecule has 1 saturated heterocycles. The van der Waals surface area contributed by atoms with Crippen LogP contribution in [0.5, 0.6) is 0 Å². The van der Waals surface area contributed by atoms with Crippen molar-refractivity contribution in [1.29, 1.82) is 0 Å². The Morgan fingerprint density at radius 2 is 2.14 bits per heavy atom. The fourth-order valence-electron chi connectivity index (χ4n) is 4.01. The number of rotatable bonds is 5. The number of carbonyl (C=O) groups is 1. The Morgan fingerprint density at radius 3 is 2.95 bits per heavy atom. The minimum Gasteiger partial charge on any atom is -0.338 e. The van der Waals surface area contributed by atoms with Crippen LogP contribution in [-0.2, 0) is 11.3 Å². The van der Waals surface area contributed by atoms with Crippen molar-refractivity contribution in [3.05, 3.63) is 18.0 Å². The number of hydrogen-bond donors (Lipinski definition) is 1. The highest BCUT2D eigenvalue weighted by molar-refractivity contribution is 5.78. The van der Waals surface area contributed by atoms with Crippen LogP contribution in [0.4, 0.5) is 0 Å². The maximum absolute atomic E-state index is 12.5. The fourth-order valence-corrected chi connectivity index (χ4v) is 4.01. The molecule has 1 N–H and O–H groups in total. The second-order valence-electron chi connectivity index (χ2n) is 6.80. The van der Waals surface area contributed by atoms with E-state index in [4.69, 9.17) is 0 Å². The summed E-state index contributed by atoms with van der Waals surface area (Å²) in [4.78, 5) is 14.7. The van der Waals surface area contributed by atoms with E-state index in [2.05, 4.69) is 15.3 Å². The number of hydrogen-bond acceptors (Lipinski definition) is 3. The summed E-state index contributed by atoms with van der Waals surface area (Å²) >= 11 is 0. The van der Waals surface area contributed by atoms with Crippen molar-refractivity contribution in [1.82, 2.24) is 20.0 Å². The Kier molecular flexibility index (Phi) is 5.13. The fraction of sp³-hybridized carbons (Fsp3) is 0.765. The van der Waals surface area contributed by atoms with Gasteiger partial charge in [0, 0.05) is 25.3 Å². The molecule has 0 bridgehead atoms. The molecule has 1 aliphatic heterocycles. The van der Waals surface area contributed by atoms with Crippen LogP contribution in [0.15, 0.2) is 12.4 Å². The predicted octanol–water partition coefficient (Wildman–Crippen LogP) is 1.96. The van der Waals surface area contributed by atoms with Gasteiger partial charge in [-0.15, -0.1) is 0 Å². The monoisotopic (exact) mass is 304 g/mol. The van der Waals surface area contributed by atoms with E-state index in [0.717, 1.165) is 25.6 Å². The third kappa shape index (κ3) is 3.69. The van der Waals surface area contributed by atoms with E-state index in [0.29, 0.717) is 12.6 Å². The van der Waals surface area contributed by atoms with Gasteiger partial charge in [0.1, 0.15) is 0 Å². The number of fused-ring (bicyclic) bond motifs is 1. The van der Waals surface area contributed by atoms with Gasteiger partial charge in [0.05, 0.1) is 19.3 Å². The predicted molar refractivity (Wildman–Crippen MR) is 86.5 cm³/mol. The van der Waals surface area contributed by atoms with Gasteiger partial charge in [-0.3, -0.25) is 9.48 Å². The van der Waals surface area contributed by atoms with Crippen LogP contribution in [-0.4, -0.2) is 46.3 Å². The number of aromatic nitrogens is 2. The standard InChI is InChI=1S/C17H28N4O/c1-14-11-19-20(13-14)10-8-18-12-17(22)21-9-4-6-15-5-2-3-7-16(15)21/h11,13,15-16,18H,2-10,12H2,1H3. The molecule has 0 aromatic carbocycles. The van der Waals surface area contributed by atoms with E-state index >= 15 is 0 Å². The Morgan fingerprint density at radius 1 is 1.32 bits per heavy atom. The number of nitrogens with zero attached hydrogens (tertiary/aromatic N) is 3. The van der Waals surface area contributed by atoms with E-state index in [1.165, 1.54) is 44.1 Å². The number of amides is 1. The van der Waals surface area contributed by atoms with Crippen LogP contribution in [0.2, 0.25) is 0 Å². The van der Waals surface area contributed by atoms with Crippen LogP contribution in [0.25, 0.3) is 0 Å². The lowest BCUT2D eigenvalue weighted by molar-refractivity contribution is -0.136. The molecular formula is C17H28N4O. The molecule has 2 aliphatic rings. The number of likely N-dealkylation sites (tertiary alicyclic amines) is 1. The normalized spacial score (nSPS) is 25.0. The molecule has 1 amide bonds. The highest BCUT2D eigenvalue weighted by Crippen LogP contribution is 2.35. The Labute approximate surface area is 133 Å². The van der Waals surface area contributed by atoms with Crippen molar-refractivity contribution in [2.45, 2.75) is 58.0 Å². The molecule has 2 fully saturated rings. The Bertz CT molecular complexity index is 497.